The number of hydrogen-bond donors (Lipinski definition) is 2. The fourth-order valence-corrected chi connectivity index (χ4v) is 3.65. The number of aryl methyl sites for hydroxylation is 2. The number of benzene rings is 2. The summed E-state index contributed by atoms with van der Waals surface area (Å²) in [5.74, 6) is -0.433. The first kappa shape index (κ1) is 28.0. The molecule has 0 heterocycles. The van der Waals surface area contributed by atoms with E-state index in [4.69, 9.17) is 15.0 Å². The van der Waals surface area contributed by atoms with Crippen molar-refractivity contribution in [3.63, 3.8) is 0 Å². The molecule has 0 aromatic heterocycles. The molecular weight excluding hydrogens is 487 g/mol. The lowest BCUT2D eigenvalue weighted by Gasteiger charge is -2.24. The highest BCUT2D eigenvalue weighted by atomic mass is 31.1. The molecule has 2 unspecified atom stereocenters. The molecule has 0 radical (unpaired) electrons. The Morgan fingerprint density at radius 2 is 1.62 bits per heavy atom. The predicted molar refractivity (Wildman–Crippen MR) is 114 cm³/mol. The molecule has 0 amide bonds. The first-order valence-electron chi connectivity index (χ1n) is 10.3. The van der Waals surface area contributed by atoms with Crippen molar-refractivity contribution in [2.75, 3.05) is 19.8 Å². The molecule has 2 aromatic carbocycles. The molecule has 0 bridgehead atoms. The Kier molecular flexibility index (Phi) is 9.87. The monoisotopic (exact) mass is 512 g/mol. The minimum Gasteiger partial charge on any atom is -0.493 e. The van der Waals surface area contributed by atoms with Gasteiger partial charge in [-0.15, -0.1) is 4.52 Å². The van der Waals surface area contributed by atoms with Crippen LogP contribution in [0.5, 0.6) is 5.75 Å². The van der Waals surface area contributed by atoms with E-state index in [-0.39, 0.29) is 50.0 Å². The minimum atomic E-state index is -4.72. The summed E-state index contributed by atoms with van der Waals surface area (Å²) in [7, 11) is -1.08. The van der Waals surface area contributed by atoms with E-state index in [0.717, 1.165) is 18.2 Å². The van der Waals surface area contributed by atoms with Gasteiger partial charge in [-0.3, -0.25) is 0 Å². The summed E-state index contributed by atoms with van der Waals surface area (Å²) in [4.78, 5) is 0. The van der Waals surface area contributed by atoms with Crippen molar-refractivity contribution in [1.82, 2.24) is 0 Å². The molecule has 0 spiro atoms. The molecule has 0 saturated carbocycles. The van der Waals surface area contributed by atoms with Gasteiger partial charge in [0.25, 0.3) is 0 Å². The Balaban J connectivity index is 2.05. The molecule has 3 N–H and O–H groups in total. The summed E-state index contributed by atoms with van der Waals surface area (Å²) in [5.41, 5.74) is 3.18. The first-order valence-corrected chi connectivity index (χ1v) is 11.1. The predicted octanol–water partition coefficient (Wildman–Crippen LogP) is 5.31. The van der Waals surface area contributed by atoms with E-state index in [1.807, 2.05) is 0 Å². The second kappa shape index (κ2) is 12.0. The van der Waals surface area contributed by atoms with Crippen molar-refractivity contribution in [2.24, 2.45) is 5.73 Å². The number of rotatable bonds is 12. The van der Waals surface area contributed by atoms with E-state index in [1.165, 1.54) is 24.3 Å². The van der Waals surface area contributed by atoms with E-state index >= 15 is 0 Å². The minimum absolute atomic E-state index is 0.0130. The number of aliphatic hydroxyl groups is 1. The Morgan fingerprint density at radius 1 is 0.941 bits per heavy atom. The number of aliphatic hydroxyl groups excluding tert-OH is 1. The maximum atomic E-state index is 13.6. The van der Waals surface area contributed by atoms with E-state index in [2.05, 4.69) is 0 Å². The van der Waals surface area contributed by atoms with Gasteiger partial charge in [0.15, 0.2) is 0 Å². The van der Waals surface area contributed by atoms with Crippen LogP contribution in [0, 0.1) is 0 Å². The molecule has 0 aliphatic heterocycles. The third kappa shape index (κ3) is 8.23. The molecule has 188 valence electrons. The van der Waals surface area contributed by atoms with Crippen LogP contribution in [0.4, 0.5) is 26.3 Å². The van der Waals surface area contributed by atoms with Crippen LogP contribution in [-0.2, 0) is 34.3 Å². The van der Waals surface area contributed by atoms with Crippen LogP contribution < -0.4 is 10.5 Å². The summed E-state index contributed by atoms with van der Waals surface area (Å²) in [6.45, 7) is -0.948. The number of halogens is 6. The van der Waals surface area contributed by atoms with Crippen LogP contribution in [-0.4, -0.2) is 30.5 Å². The topological polar surface area (TPSA) is 81.8 Å². The zero-order valence-electron chi connectivity index (χ0n) is 18.0. The molecule has 0 aliphatic carbocycles. The van der Waals surface area contributed by atoms with Crippen molar-refractivity contribution in [3.05, 3.63) is 64.7 Å². The van der Waals surface area contributed by atoms with Gasteiger partial charge in [0, 0.05) is 0 Å². The standard InChI is InChI=1S/C22H25F6NO4P/c23-21(24,25)17-6-2-1-4-16(17)5-3-11-32-19-8-7-15(12-18(19)22(26,27)28)9-10-20(29,13-30)14-33-34-31/h1-2,4,6-8,12,30,34H,3,5,9-11,13-14,29H2/q+1. The van der Waals surface area contributed by atoms with Gasteiger partial charge >= 0.3 is 21.0 Å². The van der Waals surface area contributed by atoms with Gasteiger partial charge in [-0.05, 0) is 59.6 Å². The zero-order valence-corrected chi connectivity index (χ0v) is 19.0. The highest BCUT2D eigenvalue weighted by Gasteiger charge is 2.35. The van der Waals surface area contributed by atoms with E-state index in [1.54, 1.807) is 0 Å². The van der Waals surface area contributed by atoms with Crippen LogP contribution in [0.15, 0.2) is 42.5 Å². The maximum absolute atomic E-state index is 13.6. The van der Waals surface area contributed by atoms with Crippen LogP contribution in [0.1, 0.15) is 35.1 Å². The molecule has 12 heteroatoms. The Bertz CT molecular complexity index is 954. The van der Waals surface area contributed by atoms with Gasteiger partial charge in [0.1, 0.15) is 12.4 Å². The third-order valence-electron chi connectivity index (χ3n) is 5.17. The van der Waals surface area contributed by atoms with Crippen LogP contribution >= 0.6 is 8.69 Å². The van der Waals surface area contributed by atoms with Crippen LogP contribution in [0.2, 0.25) is 0 Å². The van der Waals surface area contributed by atoms with Gasteiger partial charge in [-0.2, -0.15) is 26.3 Å². The summed E-state index contributed by atoms with van der Waals surface area (Å²) in [6, 6.07) is 8.48. The van der Waals surface area contributed by atoms with Crippen molar-refractivity contribution < 1.29 is 45.3 Å². The quantitative estimate of drug-likeness (QED) is 0.229. The summed E-state index contributed by atoms with van der Waals surface area (Å²) in [5, 5.41) is 9.42. The second-order valence-corrected chi connectivity index (χ2v) is 8.28. The molecule has 2 aromatic rings. The maximum Gasteiger partial charge on any atom is 0.494 e. The van der Waals surface area contributed by atoms with Gasteiger partial charge in [-0.1, -0.05) is 24.3 Å². The summed E-state index contributed by atoms with van der Waals surface area (Å²) < 4.78 is 100. The molecule has 5 nitrogen and oxygen atoms in total. The zero-order chi connectivity index (χ0) is 25.4. The Labute approximate surface area is 194 Å². The lowest BCUT2D eigenvalue weighted by Crippen LogP contribution is -2.47. The van der Waals surface area contributed by atoms with E-state index in [0.29, 0.717) is 0 Å². The average molecular weight is 512 g/mol. The van der Waals surface area contributed by atoms with Crippen LogP contribution in [0.3, 0.4) is 0 Å². The van der Waals surface area contributed by atoms with E-state index in [9.17, 15) is 36.0 Å². The normalized spacial score (nSPS) is 14.2. The second-order valence-electron chi connectivity index (χ2n) is 7.83. The summed E-state index contributed by atoms with van der Waals surface area (Å²) in [6.07, 6.45) is -9.02. The molecule has 0 saturated heterocycles. The fourth-order valence-electron chi connectivity index (χ4n) is 3.30. The Hall–Kier alpha value is -2.20. The summed E-state index contributed by atoms with van der Waals surface area (Å²) >= 11 is 0. The average Bonchev–Trinajstić information content (AvgIpc) is 2.78. The molecule has 2 atom stereocenters. The van der Waals surface area contributed by atoms with Crippen molar-refractivity contribution in [1.29, 1.82) is 0 Å². The third-order valence-corrected chi connectivity index (χ3v) is 5.43. The lowest BCUT2D eigenvalue weighted by atomic mass is 9.93. The number of hydrogen-bond acceptors (Lipinski definition) is 5. The number of alkyl halides is 6. The largest absolute Gasteiger partial charge is 0.494 e. The lowest BCUT2D eigenvalue weighted by molar-refractivity contribution is -0.139. The smallest absolute Gasteiger partial charge is 0.493 e. The molecule has 2 rings (SSSR count). The van der Waals surface area contributed by atoms with Gasteiger partial charge < -0.3 is 15.6 Å². The molecule has 34 heavy (non-hydrogen) atoms. The van der Waals surface area contributed by atoms with Gasteiger partial charge in [0.05, 0.1) is 29.9 Å². The highest BCUT2D eigenvalue weighted by Crippen LogP contribution is 2.37. The fraction of sp³-hybridized carbons (Fsp3) is 0.455. The van der Waals surface area contributed by atoms with Crippen LogP contribution in [0.25, 0.3) is 0 Å². The molecule has 0 fully saturated rings. The first-order chi connectivity index (χ1) is 15.9. The van der Waals surface area contributed by atoms with Crippen molar-refractivity contribution >= 4 is 8.69 Å². The molecule has 0 aliphatic rings. The number of ether oxygens (including phenoxy) is 1. The Morgan fingerprint density at radius 3 is 2.24 bits per heavy atom. The molecular formula is C22H25F6NO4P+. The van der Waals surface area contributed by atoms with Gasteiger partial charge in [0.2, 0.25) is 0 Å². The van der Waals surface area contributed by atoms with Crippen molar-refractivity contribution in [2.45, 2.75) is 43.6 Å². The SMILES string of the molecule is NC(CO)(CCc1ccc(OCCCc2ccccc2C(F)(F)F)c(C(F)(F)F)c1)CO[PH+]=O. The van der Waals surface area contributed by atoms with Crippen molar-refractivity contribution in [3.8, 4) is 5.75 Å². The van der Waals surface area contributed by atoms with Gasteiger partial charge in [-0.25, -0.2) is 0 Å². The highest BCUT2D eigenvalue weighted by molar-refractivity contribution is 7.17. The number of nitrogens with two attached hydrogens (primary N) is 1. The van der Waals surface area contributed by atoms with E-state index < -0.39 is 50.1 Å².